The topological polar surface area (TPSA) is 68.0 Å². The predicted molar refractivity (Wildman–Crippen MR) is 82.7 cm³/mol. The summed E-state index contributed by atoms with van der Waals surface area (Å²) < 4.78 is 104. The Balaban J connectivity index is 2.67. The lowest BCUT2D eigenvalue weighted by molar-refractivity contribution is -0.137. The van der Waals surface area contributed by atoms with E-state index in [-0.39, 0.29) is 12.1 Å². The highest BCUT2D eigenvalue weighted by atomic mass is 79.9. The van der Waals surface area contributed by atoms with Gasteiger partial charge in [0.05, 0.1) is 11.8 Å². The van der Waals surface area contributed by atoms with E-state index in [4.69, 9.17) is 5.11 Å². The average Bonchev–Trinajstić information content (AvgIpc) is 2.92. The van der Waals surface area contributed by atoms with Crippen molar-refractivity contribution in [2.75, 3.05) is 0 Å². The van der Waals surface area contributed by atoms with Gasteiger partial charge < -0.3 is 5.11 Å². The quantitative estimate of drug-likeness (QED) is 0.430. The molecule has 0 saturated heterocycles. The maximum atomic E-state index is 13.0. The number of rotatable bonds is 4. The normalized spacial score (nSPS) is 16.0. The third kappa shape index (κ3) is 5.18. The molecule has 0 amide bonds. The molecule has 27 heavy (non-hydrogen) atoms. The first-order valence-electron chi connectivity index (χ1n) is 6.35. The number of carboxylic acids is 1. The Kier molecular flexibility index (Phi) is 4.44. The number of hydrogen-bond donors (Lipinski definition) is 1. The fourth-order valence-corrected chi connectivity index (χ4v) is 2.66. The molecule has 0 aliphatic heterocycles. The van der Waals surface area contributed by atoms with Crippen molar-refractivity contribution < 1.29 is 42.5 Å². The highest BCUT2D eigenvalue weighted by Gasteiger charge is 2.66. The summed E-state index contributed by atoms with van der Waals surface area (Å²) in [5.74, 6) is -2.21. The molecule has 0 aliphatic rings. The molecule has 15 heteroatoms. The van der Waals surface area contributed by atoms with Crippen LogP contribution in [0.5, 0.6) is 0 Å². The average molecular weight is 488 g/mol. The molecule has 5 nitrogen and oxygen atoms in total. The summed E-state index contributed by atoms with van der Waals surface area (Å²) in [7, 11) is -10.4. The van der Waals surface area contributed by atoms with Crippen LogP contribution in [0.1, 0.15) is 5.56 Å². The van der Waals surface area contributed by atoms with E-state index in [1.165, 1.54) is 0 Å². The second kappa shape index (κ2) is 5.67. The van der Waals surface area contributed by atoms with E-state index in [1.54, 1.807) is 0 Å². The minimum atomic E-state index is -10.4. The zero-order chi connectivity index (χ0) is 20.9. The second-order valence-electron chi connectivity index (χ2n) is 5.04. The molecule has 2 aromatic rings. The third-order valence-corrected chi connectivity index (χ3v) is 4.57. The molecule has 0 fully saturated rings. The molecule has 0 aliphatic carbocycles. The van der Waals surface area contributed by atoms with Crippen LogP contribution in [0.4, 0.5) is 32.6 Å². The molecule has 1 aromatic heterocycles. The number of hydrogen-bond acceptors (Lipinski definition) is 3. The first-order chi connectivity index (χ1) is 11.9. The summed E-state index contributed by atoms with van der Waals surface area (Å²) in [5.41, 5.74) is -2.95. The fourth-order valence-electron chi connectivity index (χ4n) is 1.76. The molecular weight excluding hydrogens is 482 g/mol. The van der Waals surface area contributed by atoms with Crippen molar-refractivity contribution in [3.05, 3.63) is 34.6 Å². The van der Waals surface area contributed by atoms with Gasteiger partial charge in [0.2, 0.25) is 0 Å². The first kappa shape index (κ1) is 21.1. The number of aliphatic carboxylic acids is 1. The zero-order valence-corrected chi connectivity index (χ0v) is 14.8. The van der Waals surface area contributed by atoms with Crippen LogP contribution in [0.25, 0.3) is 17.6 Å². The van der Waals surface area contributed by atoms with Gasteiger partial charge in [0.25, 0.3) is 0 Å². The van der Waals surface area contributed by atoms with Gasteiger partial charge in [0.15, 0.2) is 5.82 Å². The zero-order valence-electron chi connectivity index (χ0n) is 12.4. The minimum absolute atomic E-state index is 0.169. The smallest absolute Gasteiger partial charge is 0.416 e. The molecule has 0 saturated carbocycles. The molecule has 0 spiro atoms. The monoisotopic (exact) mass is 487 g/mol. The van der Waals surface area contributed by atoms with Crippen molar-refractivity contribution in [1.82, 2.24) is 14.8 Å². The van der Waals surface area contributed by atoms with Gasteiger partial charge >= 0.3 is 22.4 Å². The fraction of sp³-hybridized carbons (Fsp3) is 0.0833. The molecule has 0 bridgehead atoms. The van der Waals surface area contributed by atoms with Gasteiger partial charge in [-0.1, -0.05) is 19.4 Å². The number of alkyl halides is 3. The molecule has 1 heterocycles. The Morgan fingerprint density at radius 3 is 2.22 bits per heavy atom. The van der Waals surface area contributed by atoms with Crippen LogP contribution in [0.15, 0.2) is 33.9 Å². The summed E-state index contributed by atoms with van der Waals surface area (Å²) in [6, 6.07) is -0.724. The molecule has 1 N–H and O–H groups in total. The molecule has 1 aromatic carbocycles. The van der Waals surface area contributed by atoms with Crippen LogP contribution >= 0.6 is 26.2 Å². The van der Waals surface area contributed by atoms with E-state index in [9.17, 15) is 37.4 Å². The summed E-state index contributed by atoms with van der Waals surface area (Å²) >= 11 is 2.61. The van der Waals surface area contributed by atoms with Gasteiger partial charge in [-0.05, 0) is 34.1 Å². The van der Waals surface area contributed by atoms with Crippen molar-refractivity contribution in [3.8, 4) is 11.4 Å². The predicted octanol–water partition coefficient (Wildman–Crippen LogP) is 5.90. The number of halogens is 9. The molecule has 0 radical (unpaired) electrons. The van der Waals surface area contributed by atoms with E-state index in [0.717, 1.165) is 12.5 Å². The first-order valence-corrected chi connectivity index (χ1v) is 9.10. The molecule has 0 atom stereocenters. The van der Waals surface area contributed by atoms with Crippen LogP contribution in [0.3, 0.4) is 0 Å². The van der Waals surface area contributed by atoms with Crippen LogP contribution in [-0.2, 0) is 11.0 Å². The molecule has 2 rings (SSSR count). The maximum Gasteiger partial charge on any atom is 0.416 e. The Labute approximate surface area is 153 Å². The van der Waals surface area contributed by atoms with Gasteiger partial charge in [-0.25, -0.2) is 14.5 Å². The number of nitrogens with zero attached hydrogens (tertiary/aromatic N) is 3. The van der Waals surface area contributed by atoms with Crippen molar-refractivity contribution in [1.29, 1.82) is 0 Å². The minimum Gasteiger partial charge on any atom is -0.477 e. The van der Waals surface area contributed by atoms with E-state index >= 15 is 0 Å². The van der Waals surface area contributed by atoms with E-state index in [1.807, 2.05) is 0 Å². The molecular formula is C12H6BrF8N3O2S. The Morgan fingerprint density at radius 1 is 1.15 bits per heavy atom. The Hall–Kier alpha value is -2.16. The lowest BCUT2D eigenvalue weighted by atomic mass is 10.1. The van der Waals surface area contributed by atoms with Gasteiger partial charge in [-0.3, -0.25) is 0 Å². The standard InChI is InChI=1S/C12H6BrF8N3O2S/c13-9(11(25)26)4-24-5-22-10(23-24)6-1-7(12(14,15)16)3-8(2-6)27(17,18,19,20)21/h1-5H,(H,25,26)/b9-4-. The maximum absolute atomic E-state index is 13.0. The van der Waals surface area contributed by atoms with Crippen LogP contribution < -0.4 is 0 Å². The number of carbonyl (C=O) groups is 1. The highest BCUT2D eigenvalue weighted by Crippen LogP contribution is 3.02. The van der Waals surface area contributed by atoms with E-state index in [2.05, 4.69) is 26.0 Å². The van der Waals surface area contributed by atoms with Crippen LogP contribution in [0, 0.1) is 0 Å². The third-order valence-electron chi connectivity index (χ3n) is 2.90. The summed E-state index contributed by atoms with van der Waals surface area (Å²) in [4.78, 5) is 11.3. The van der Waals surface area contributed by atoms with E-state index in [0.29, 0.717) is 4.68 Å². The Bertz CT molecular complexity index is 952. The van der Waals surface area contributed by atoms with Gasteiger partial charge in [0, 0.05) is 5.56 Å². The van der Waals surface area contributed by atoms with Crippen molar-refractivity contribution in [2.24, 2.45) is 0 Å². The van der Waals surface area contributed by atoms with Gasteiger partial charge in [-0.2, -0.15) is 13.2 Å². The Morgan fingerprint density at radius 2 is 1.74 bits per heavy atom. The van der Waals surface area contributed by atoms with Crippen molar-refractivity contribution >= 4 is 38.3 Å². The SMILES string of the molecule is O=C(O)/C(Br)=C/n1cnc(-c2cc(C(F)(F)F)cc(S(F)(F)(F)(F)F)c2)n1. The number of benzene rings is 1. The second-order valence-corrected chi connectivity index (χ2v) is 8.31. The van der Waals surface area contributed by atoms with Gasteiger partial charge in [-0.15, -0.1) is 5.10 Å². The highest BCUT2D eigenvalue weighted by molar-refractivity contribution is 9.12. The van der Waals surface area contributed by atoms with Gasteiger partial charge in [0.1, 0.15) is 15.7 Å². The number of carboxylic acid groups (broad SMARTS) is 1. The summed E-state index contributed by atoms with van der Waals surface area (Å²) in [6.07, 6.45) is -3.79. The van der Waals surface area contributed by atoms with Crippen molar-refractivity contribution in [2.45, 2.75) is 11.1 Å². The number of aromatic nitrogens is 3. The largest absolute Gasteiger partial charge is 0.477 e. The molecule has 150 valence electrons. The van der Waals surface area contributed by atoms with E-state index < -0.39 is 54.8 Å². The lowest BCUT2D eigenvalue weighted by Crippen LogP contribution is -2.11. The summed E-state index contributed by atoms with van der Waals surface area (Å²) in [6.45, 7) is 0. The molecule has 0 unspecified atom stereocenters. The lowest BCUT2D eigenvalue weighted by Gasteiger charge is -2.40. The van der Waals surface area contributed by atoms with Crippen molar-refractivity contribution in [3.63, 3.8) is 0 Å². The summed E-state index contributed by atoms with van der Waals surface area (Å²) in [5, 5.41) is 12.1. The van der Waals surface area contributed by atoms with Crippen LogP contribution in [-0.4, -0.2) is 25.8 Å². The van der Waals surface area contributed by atoms with Crippen LogP contribution in [0.2, 0.25) is 0 Å².